The minimum atomic E-state index is -1.85. The van der Waals surface area contributed by atoms with Gasteiger partial charge in [-0.1, -0.05) is 6.92 Å². The fourth-order valence-corrected chi connectivity index (χ4v) is 0.574. The number of rotatable bonds is 2. The van der Waals surface area contributed by atoms with E-state index in [1.807, 2.05) is 6.92 Å². The first-order valence-corrected chi connectivity index (χ1v) is 3.30. The van der Waals surface area contributed by atoms with Crippen molar-refractivity contribution in [2.45, 2.75) is 13.3 Å². The van der Waals surface area contributed by atoms with Gasteiger partial charge in [-0.05, 0) is 11.0 Å². The lowest BCUT2D eigenvalue weighted by molar-refractivity contribution is 0.502. The van der Waals surface area contributed by atoms with Crippen LogP contribution in [0.3, 0.4) is 0 Å². The van der Waals surface area contributed by atoms with Crippen LogP contribution in [0.15, 0.2) is 0 Å². The molecule has 0 rings (SSSR count). The first-order valence-electron chi connectivity index (χ1n) is 1.91. The van der Waals surface area contributed by atoms with Gasteiger partial charge in [0.05, 0.1) is 0 Å². The molecular formula is C3H11AlO2P+. The van der Waals surface area contributed by atoms with Crippen molar-refractivity contribution in [2.75, 3.05) is 6.16 Å². The molecule has 0 aromatic rings. The fourth-order valence-electron chi connectivity index (χ4n) is 0.191. The van der Waals surface area contributed by atoms with Gasteiger partial charge in [0.15, 0.2) is 23.5 Å². The largest absolute Gasteiger partial charge is 0.505 e. The van der Waals surface area contributed by atoms with Crippen molar-refractivity contribution < 1.29 is 9.46 Å². The Bertz CT molecular complexity index is 56.9. The highest BCUT2D eigenvalue weighted by Crippen LogP contribution is 2.12. The minimum Gasteiger partial charge on any atom is -0.161 e. The Kier molecular flexibility index (Phi) is 9.94. The van der Waals surface area contributed by atoms with Crippen LogP contribution in [0.25, 0.3) is 0 Å². The smallest absolute Gasteiger partial charge is 0.161 e. The molecule has 1 atom stereocenters. The van der Waals surface area contributed by atoms with Gasteiger partial charge in [-0.15, -0.1) is 0 Å². The van der Waals surface area contributed by atoms with Crippen LogP contribution in [0.1, 0.15) is 13.3 Å². The first kappa shape index (κ1) is 10.6. The molecule has 0 aliphatic carbocycles. The monoisotopic (exact) mass is 137 g/mol. The van der Waals surface area contributed by atoms with Crippen LogP contribution >= 0.6 is 8.03 Å². The summed E-state index contributed by atoms with van der Waals surface area (Å²) in [7, 11) is -1.85. The predicted molar refractivity (Wildman–Crippen MR) is 34.9 cm³/mol. The summed E-state index contributed by atoms with van der Waals surface area (Å²) in [5.41, 5.74) is 0. The Morgan fingerprint density at radius 2 is 2.14 bits per heavy atom. The summed E-state index contributed by atoms with van der Waals surface area (Å²) in [6.07, 6.45) is 1.24. The maximum atomic E-state index is 9.75. The highest BCUT2D eigenvalue weighted by Gasteiger charge is 2.03. The Morgan fingerprint density at radius 3 is 2.14 bits per heavy atom. The van der Waals surface area contributed by atoms with Crippen molar-refractivity contribution in [2.24, 2.45) is 0 Å². The standard InChI is InChI=1S/C3H7O2P.Al.3H/c1-2-3-6(4)5;;;;/h2-3H2,1H3;;;;/p+1. The Balaban J connectivity index is 0. The van der Waals surface area contributed by atoms with Crippen LogP contribution in [-0.4, -0.2) is 28.4 Å². The van der Waals surface area contributed by atoms with E-state index in [-0.39, 0.29) is 17.4 Å². The van der Waals surface area contributed by atoms with Crippen LogP contribution in [0.4, 0.5) is 0 Å². The van der Waals surface area contributed by atoms with Crippen LogP contribution in [0, 0.1) is 0 Å². The third-order valence-corrected chi connectivity index (χ3v) is 1.24. The van der Waals surface area contributed by atoms with Gasteiger partial charge < -0.3 is 0 Å². The molecule has 0 bridgehead atoms. The van der Waals surface area contributed by atoms with Gasteiger partial charge in [0.1, 0.15) is 0 Å². The van der Waals surface area contributed by atoms with E-state index in [0.29, 0.717) is 6.16 Å². The molecule has 1 unspecified atom stereocenters. The molecular weight excluding hydrogens is 126 g/mol. The second-order valence-corrected chi connectivity index (χ2v) is 2.23. The number of hydrogen-bond acceptors (Lipinski definition) is 1. The van der Waals surface area contributed by atoms with Crippen LogP contribution in [-0.2, 0) is 4.57 Å². The molecule has 4 heteroatoms. The van der Waals surface area contributed by atoms with E-state index in [0.717, 1.165) is 6.42 Å². The molecule has 0 saturated heterocycles. The van der Waals surface area contributed by atoms with E-state index in [1.165, 1.54) is 0 Å². The summed E-state index contributed by atoms with van der Waals surface area (Å²) >= 11 is 0. The Labute approximate surface area is 54.9 Å². The highest BCUT2D eigenvalue weighted by molar-refractivity contribution is 7.37. The van der Waals surface area contributed by atoms with Crippen LogP contribution in [0.5, 0.6) is 0 Å². The van der Waals surface area contributed by atoms with Crippen molar-refractivity contribution in [3.8, 4) is 0 Å². The molecule has 7 heavy (non-hydrogen) atoms. The molecule has 0 radical (unpaired) electrons. The van der Waals surface area contributed by atoms with Crippen molar-refractivity contribution in [3.63, 3.8) is 0 Å². The zero-order chi connectivity index (χ0) is 4.99. The van der Waals surface area contributed by atoms with Crippen molar-refractivity contribution >= 4 is 25.4 Å². The minimum absolute atomic E-state index is 0. The summed E-state index contributed by atoms with van der Waals surface area (Å²) in [4.78, 5) is 8.06. The molecule has 0 spiro atoms. The molecule has 0 saturated carbocycles. The molecule has 0 amide bonds. The molecule has 0 aliphatic heterocycles. The molecule has 42 valence electrons. The summed E-state index contributed by atoms with van der Waals surface area (Å²) in [6, 6.07) is 0. The van der Waals surface area contributed by atoms with Gasteiger partial charge in [0.2, 0.25) is 0 Å². The maximum Gasteiger partial charge on any atom is 0.505 e. The zero-order valence-corrected chi connectivity index (χ0v) is 4.61. The van der Waals surface area contributed by atoms with Gasteiger partial charge in [0.25, 0.3) is 0 Å². The van der Waals surface area contributed by atoms with Gasteiger partial charge >= 0.3 is 8.03 Å². The van der Waals surface area contributed by atoms with E-state index >= 15 is 0 Å². The van der Waals surface area contributed by atoms with Crippen LogP contribution in [0.2, 0.25) is 0 Å². The number of hydrogen-bond donors (Lipinski definition) is 1. The first-order chi connectivity index (χ1) is 2.77. The lowest BCUT2D eigenvalue weighted by atomic mass is 10.6. The van der Waals surface area contributed by atoms with E-state index < -0.39 is 8.03 Å². The zero-order valence-electron chi connectivity index (χ0n) is 3.72. The second kappa shape index (κ2) is 6.59. The normalized spacial score (nSPS) is 9.71. The summed E-state index contributed by atoms with van der Waals surface area (Å²) in [6.45, 7) is 1.88. The average molecular weight is 137 g/mol. The molecule has 0 aliphatic rings. The average Bonchev–Trinajstić information content (AvgIpc) is 1.35. The fraction of sp³-hybridized carbons (Fsp3) is 1.00. The summed E-state index contributed by atoms with van der Waals surface area (Å²) in [5, 5.41) is 0. The van der Waals surface area contributed by atoms with Crippen molar-refractivity contribution in [1.82, 2.24) is 0 Å². The molecule has 0 heterocycles. The van der Waals surface area contributed by atoms with Gasteiger partial charge in [-0.25, -0.2) is 0 Å². The highest BCUT2D eigenvalue weighted by atomic mass is 31.1. The van der Waals surface area contributed by atoms with Crippen LogP contribution < -0.4 is 0 Å². The van der Waals surface area contributed by atoms with E-state index in [9.17, 15) is 4.57 Å². The van der Waals surface area contributed by atoms with Gasteiger partial charge in [-0.3, -0.25) is 0 Å². The quantitative estimate of drug-likeness (QED) is 0.428. The maximum absolute atomic E-state index is 9.75. The summed E-state index contributed by atoms with van der Waals surface area (Å²) < 4.78 is 9.75. The van der Waals surface area contributed by atoms with Crippen molar-refractivity contribution in [1.29, 1.82) is 0 Å². The Hall–Kier alpha value is 0.592. The van der Waals surface area contributed by atoms with E-state index in [2.05, 4.69) is 0 Å². The summed E-state index contributed by atoms with van der Waals surface area (Å²) in [5.74, 6) is 0. The van der Waals surface area contributed by atoms with Crippen molar-refractivity contribution in [3.05, 3.63) is 0 Å². The van der Waals surface area contributed by atoms with E-state index in [1.54, 1.807) is 0 Å². The molecule has 0 fully saturated rings. The van der Waals surface area contributed by atoms with E-state index in [4.69, 9.17) is 4.89 Å². The molecule has 0 aromatic heterocycles. The Morgan fingerprint density at radius 1 is 1.71 bits per heavy atom. The third-order valence-electron chi connectivity index (χ3n) is 0.415. The molecule has 1 N–H and O–H groups in total. The second-order valence-electron chi connectivity index (χ2n) is 1.08. The lowest BCUT2D eigenvalue weighted by Gasteiger charge is -1.65. The van der Waals surface area contributed by atoms with Gasteiger partial charge in [-0.2, -0.15) is 4.89 Å². The predicted octanol–water partition coefficient (Wildman–Crippen LogP) is -0.0528. The topological polar surface area (TPSA) is 37.3 Å². The molecule has 0 aromatic carbocycles. The van der Waals surface area contributed by atoms with Gasteiger partial charge in [0, 0.05) is 0 Å². The third kappa shape index (κ3) is 10.8. The SMILES string of the molecule is CCC[P+](=O)O.[AlH3]. The lowest BCUT2D eigenvalue weighted by Crippen LogP contribution is -1.67. The molecule has 2 nitrogen and oxygen atoms in total.